The number of ether oxygens (including phenoxy) is 1. The average molecular weight is 189 g/mol. The first kappa shape index (κ1) is 9.71. The smallest absolute Gasteiger partial charge is 0.409 e. The number of carbonyl (C=O) groups excluding carboxylic acids is 1. The standard InChI is InChI=1S/C8H15NO2S/c1-2-3-4-11-8(10)9-5-7(12)6-9/h7,12H,2-6H2,1H3. The summed E-state index contributed by atoms with van der Waals surface area (Å²) in [7, 11) is 0. The van der Waals surface area contributed by atoms with E-state index in [0.29, 0.717) is 11.9 Å². The molecular formula is C8H15NO2S. The zero-order valence-electron chi connectivity index (χ0n) is 7.32. The van der Waals surface area contributed by atoms with Crippen LogP contribution < -0.4 is 0 Å². The molecule has 1 rings (SSSR count). The van der Waals surface area contributed by atoms with E-state index in [-0.39, 0.29) is 6.09 Å². The molecule has 0 aliphatic carbocycles. The molecule has 3 nitrogen and oxygen atoms in total. The monoisotopic (exact) mass is 189 g/mol. The molecule has 0 radical (unpaired) electrons. The summed E-state index contributed by atoms with van der Waals surface area (Å²) in [6.45, 7) is 4.08. The lowest BCUT2D eigenvalue weighted by Gasteiger charge is -2.35. The van der Waals surface area contributed by atoms with Gasteiger partial charge in [-0.2, -0.15) is 12.6 Å². The van der Waals surface area contributed by atoms with Crippen molar-refractivity contribution in [2.75, 3.05) is 19.7 Å². The van der Waals surface area contributed by atoms with Crippen LogP contribution in [0.3, 0.4) is 0 Å². The third kappa shape index (κ3) is 2.59. The van der Waals surface area contributed by atoms with Crippen molar-refractivity contribution in [3.8, 4) is 0 Å². The van der Waals surface area contributed by atoms with E-state index in [1.54, 1.807) is 4.90 Å². The van der Waals surface area contributed by atoms with Crippen molar-refractivity contribution >= 4 is 18.7 Å². The van der Waals surface area contributed by atoms with E-state index in [1.165, 1.54) is 0 Å². The molecule has 4 heteroatoms. The highest BCUT2D eigenvalue weighted by Gasteiger charge is 2.28. The second-order valence-corrected chi connectivity index (χ2v) is 3.76. The SMILES string of the molecule is CCCCOC(=O)N1CC(S)C1. The molecule has 1 aliphatic heterocycles. The first-order valence-electron chi connectivity index (χ1n) is 4.33. The van der Waals surface area contributed by atoms with Gasteiger partial charge in [0.2, 0.25) is 0 Å². The summed E-state index contributed by atoms with van der Waals surface area (Å²) in [6, 6.07) is 0. The molecule has 0 saturated carbocycles. The Labute approximate surface area is 78.5 Å². The largest absolute Gasteiger partial charge is 0.449 e. The normalized spacial score (nSPS) is 17.3. The number of carbonyl (C=O) groups is 1. The third-order valence-electron chi connectivity index (χ3n) is 1.84. The highest BCUT2D eigenvalue weighted by Crippen LogP contribution is 2.14. The number of hydrogen-bond donors (Lipinski definition) is 1. The Morgan fingerprint density at radius 2 is 2.33 bits per heavy atom. The maximum Gasteiger partial charge on any atom is 0.409 e. The quantitative estimate of drug-likeness (QED) is 0.539. The van der Waals surface area contributed by atoms with Crippen LogP contribution >= 0.6 is 12.6 Å². The number of thiol groups is 1. The van der Waals surface area contributed by atoms with Gasteiger partial charge in [-0.25, -0.2) is 4.79 Å². The van der Waals surface area contributed by atoms with Gasteiger partial charge in [0.1, 0.15) is 0 Å². The fourth-order valence-corrected chi connectivity index (χ4v) is 1.39. The summed E-state index contributed by atoms with van der Waals surface area (Å²) in [4.78, 5) is 12.8. The van der Waals surface area contributed by atoms with Gasteiger partial charge in [0.25, 0.3) is 0 Å². The highest BCUT2D eigenvalue weighted by atomic mass is 32.1. The van der Waals surface area contributed by atoms with Gasteiger partial charge in [-0.15, -0.1) is 0 Å². The molecule has 1 aliphatic rings. The zero-order chi connectivity index (χ0) is 8.97. The van der Waals surface area contributed by atoms with Crippen molar-refractivity contribution in [3.63, 3.8) is 0 Å². The Balaban J connectivity index is 2.04. The summed E-state index contributed by atoms with van der Waals surface area (Å²) in [5.74, 6) is 0. The number of likely N-dealkylation sites (tertiary alicyclic amines) is 1. The van der Waals surface area contributed by atoms with Gasteiger partial charge in [0.15, 0.2) is 0 Å². The molecule has 0 aromatic rings. The number of nitrogens with zero attached hydrogens (tertiary/aromatic N) is 1. The highest BCUT2D eigenvalue weighted by molar-refractivity contribution is 7.81. The number of hydrogen-bond acceptors (Lipinski definition) is 3. The Morgan fingerprint density at radius 1 is 1.67 bits per heavy atom. The third-order valence-corrected chi connectivity index (χ3v) is 2.17. The van der Waals surface area contributed by atoms with Crippen molar-refractivity contribution in [1.29, 1.82) is 0 Å². The molecule has 0 N–H and O–H groups in total. The fraction of sp³-hybridized carbons (Fsp3) is 0.875. The van der Waals surface area contributed by atoms with Crippen molar-refractivity contribution in [2.24, 2.45) is 0 Å². The predicted molar refractivity (Wildman–Crippen MR) is 50.6 cm³/mol. The Morgan fingerprint density at radius 3 is 2.83 bits per heavy atom. The van der Waals surface area contributed by atoms with Crippen LogP contribution in [0.1, 0.15) is 19.8 Å². The first-order chi connectivity index (χ1) is 5.74. The average Bonchev–Trinajstić information content (AvgIpc) is 1.99. The van der Waals surface area contributed by atoms with Gasteiger partial charge in [-0.1, -0.05) is 13.3 Å². The van der Waals surface area contributed by atoms with Crippen molar-refractivity contribution in [1.82, 2.24) is 4.90 Å². The molecular weight excluding hydrogens is 174 g/mol. The fourth-order valence-electron chi connectivity index (χ4n) is 0.999. The summed E-state index contributed by atoms with van der Waals surface area (Å²) >= 11 is 4.20. The number of rotatable bonds is 3. The molecule has 1 heterocycles. The van der Waals surface area contributed by atoms with Gasteiger partial charge in [-0.05, 0) is 6.42 Å². The van der Waals surface area contributed by atoms with Crippen LogP contribution in [0, 0.1) is 0 Å². The van der Waals surface area contributed by atoms with E-state index >= 15 is 0 Å². The topological polar surface area (TPSA) is 29.5 Å². The molecule has 1 amide bonds. The molecule has 0 unspecified atom stereocenters. The summed E-state index contributed by atoms with van der Waals surface area (Å²) in [6.07, 6.45) is 1.82. The second-order valence-electron chi connectivity index (χ2n) is 3.03. The maximum absolute atomic E-state index is 11.1. The predicted octanol–water partition coefficient (Wildman–Crippen LogP) is 1.54. The van der Waals surface area contributed by atoms with Gasteiger partial charge in [0, 0.05) is 18.3 Å². The summed E-state index contributed by atoms with van der Waals surface area (Å²) in [5.41, 5.74) is 0. The van der Waals surface area contributed by atoms with Crippen LogP contribution in [0.15, 0.2) is 0 Å². The van der Waals surface area contributed by atoms with Crippen LogP contribution in [0.2, 0.25) is 0 Å². The van der Waals surface area contributed by atoms with Crippen LogP contribution in [0.4, 0.5) is 4.79 Å². The van der Waals surface area contributed by atoms with Crippen molar-refractivity contribution in [2.45, 2.75) is 25.0 Å². The second kappa shape index (κ2) is 4.60. The molecule has 0 bridgehead atoms. The molecule has 0 aromatic carbocycles. The Hall–Kier alpha value is -0.380. The molecule has 0 atom stereocenters. The zero-order valence-corrected chi connectivity index (χ0v) is 8.22. The number of unbranched alkanes of at least 4 members (excludes halogenated alkanes) is 1. The van der Waals surface area contributed by atoms with E-state index in [1.807, 2.05) is 0 Å². The first-order valence-corrected chi connectivity index (χ1v) is 4.85. The van der Waals surface area contributed by atoms with Crippen LogP contribution in [0.25, 0.3) is 0 Å². The molecule has 1 fully saturated rings. The lowest BCUT2D eigenvalue weighted by atomic mass is 10.2. The van der Waals surface area contributed by atoms with E-state index in [4.69, 9.17) is 4.74 Å². The van der Waals surface area contributed by atoms with Crippen LogP contribution in [-0.2, 0) is 4.74 Å². The molecule has 1 saturated heterocycles. The number of amides is 1. The van der Waals surface area contributed by atoms with Crippen LogP contribution in [-0.4, -0.2) is 35.9 Å². The summed E-state index contributed by atoms with van der Waals surface area (Å²) in [5, 5.41) is 0.351. The minimum absolute atomic E-state index is 0.186. The van der Waals surface area contributed by atoms with E-state index in [0.717, 1.165) is 25.9 Å². The minimum atomic E-state index is -0.186. The Bertz CT molecular complexity index is 157. The molecule has 12 heavy (non-hydrogen) atoms. The molecule has 0 aromatic heterocycles. The van der Waals surface area contributed by atoms with Crippen molar-refractivity contribution < 1.29 is 9.53 Å². The minimum Gasteiger partial charge on any atom is -0.449 e. The maximum atomic E-state index is 11.1. The Kier molecular flexibility index (Phi) is 3.72. The van der Waals surface area contributed by atoms with Gasteiger partial charge >= 0.3 is 6.09 Å². The molecule has 70 valence electrons. The molecule has 0 spiro atoms. The van der Waals surface area contributed by atoms with Gasteiger partial charge < -0.3 is 9.64 Å². The van der Waals surface area contributed by atoms with E-state index in [2.05, 4.69) is 19.6 Å². The summed E-state index contributed by atoms with van der Waals surface area (Å²) < 4.78 is 4.99. The van der Waals surface area contributed by atoms with E-state index < -0.39 is 0 Å². The van der Waals surface area contributed by atoms with Crippen LogP contribution in [0.5, 0.6) is 0 Å². The lowest BCUT2D eigenvalue weighted by molar-refractivity contribution is 0.0825. The van der Waals surface area contributed by atoms with E-state index in [9.17, 15) is 4.79 Å². The van der Waals surface area contributed by atoms with Gasteiger partial charge in [-0.3, -0.25) is 0 Å². The van der Waals surface area contributed by atoms with Crippen molar-refractivity contribution in [3.05, 3.63) is 0 Å². The lowest BCUT2D eigenvalue weighted by Crippen LogP contribution is -2.51. The van der Waals surface area contributed by atoms with Gasteiger partial charge in [0.05, 0.1) is 6.61 Å².